The predicted octanol–water partition coefficient (Wildman–Crippen LogP) is 7.01. The number of amides is 2. The molecule has 3 atom stereocenters. The van der Waals surface area contributed by atoms with Crippen molar-refractivity contribution >= 4 is 50.5 Å². The number of rotatable bonds is 12. The molecule has 1 saturated heterocycles. The van der Waals surface area contributed by atoms with Crippen LogP contribution in [0.5, 0.6) is 5.75 Å². The Morgan fingerprint density at radius 3 is 2.02 bits per heavy atom. The second kappa shape index (κ2) is 13.9. The molecule has 0 spiro atoms. The molecule has 9 nitrogen and oxygen atoms in total. The van der Waals surface area contributed by atoms with Crippen molar-refractivity contribution in [2.75, 3.05) is 0 Å². The fraction of sp³-hybridized carbons (Fsp3) is 0.222. The first-order valence-corrected chi connectivity index (χ1v) is 17.3. The molecule has 240 valence electrons. The lowest BCUT2D eigenvalue weighted by Gasteiger charge is -2.56. The van der Waals surface area contributed by atoms with Crippen LogP contribution in [-0.2, 0) is 19.1 Å². The fourth-order valence-corrected chi connectivity index (χ4v) is 8.06. The molecule has 5 aromatic rings. The molecule has 2 amide bonds. The number of oxazole rings is 1. The van der Waals surface area contributed by atoms with Gasteiger partial charge in [-0.05, 0) is 41.3 Å². The number of esters is 1. The van der Waals surface area contributed by atoms with Gasteiger partial charge in [-0.1, -0.05) is 116 Å². The summed E-state index contributed by atoms with van der Waals surface area (Å²) in [7, 11) is 2.39. The predicted molar refractivity (Wildman–Crippen MR) is 181 cm³/mol. The number of aromatic nitrogens is 1. The first-order valence-electron chi connectivity index (χ1n) is 15.1. The quantitative estimate of drug-likeness (QED) is 0.0651. The van der Waals surface area contributed by atoms with Crippen LogP contribution >= 0.6 is 21.6 Å². The number of hydrogen-bond acceptors (Lipinski definition) is 9. The highest BCUT2D eigenvalue weighted by atomic mass is 33.1. The van der Waals surface area contributed by atoms with Crippen LogP contribution in [0.15, 0.2) is 125 Å². The van der Waals surface area contributed by atoms with Crippen molar-refractivity contribution in [2.24, 2.45) is 5.92 Å². The Balaban J connectivity index is 1.36. The highest BCUT2D eigenvalue weighted by Gasteiger charge is 2.68. The summed E-state index contributed by atoms with van der Waals surface area (Å²) in [5.41, 5.74) is 1.07. The lowest BCUT2D eigenvalue weighted by atomic mass is 9.92. The number of carbonyl (C=O) groups is 3. The number of ether oxygens (including phenoxy) is 2. The molecule has 2 heterocycles. The van der Waals surface area contributed by atoms with Gasteiger partial charge in [0.2, 0.25) is 5.91 Å². The van der Waals surface area contributed by atoms with Gasteiger partial charge in [0, 0.05) is 17.7 Å². The van der Waals surface area contributed by atoms with Gasteiger partial charge in [0.15, 0.2) is 17.1 Å². The van der Waals surface area contributed by atoms with E-state index in [1.165, 1.54) is 33.4 Å². The SMILES string of the molecule is CC(=O)NC1(Oc2ccccc2)C(=O)N(C(C(=O)OC(c2ccccc2)c2ccccc2)C(C)C)C1SSc1nc2ccccc2o1. The van der Waals surface area contributed by atoms with E-state index in [-0.39, 0.29) is 5.92 Å². The molecule has 3 unspecified atom stereocenters. The largest absolute Gasteiger partial charge is 0.455 e. The Bertz CT molecular complexity index is 1780. The van der Waals surface area contributed by atoms with E-state index in [0.717, 1.165) is 11.1 Å². The molecule has 0 radical (unpaired) electrons. The summed E-state index contributed by atoms with van der Waals surface area (Å²) in [6.07, 6.45) is -0.705. The number of nitrogens with one attached hydrogen (secondary N) is 1. The van der Waals surface area contributed by atoms with E-state index in [4.69, 9.17) is 13.9 Å². The number of β-lactam (4-membered cyclic amide) rings is 1. The molecule has 0 bridgehead atoms. The summed E-state index contributed by atoms with van der Waals surface area (Å²) in [6.45, 7) is 5.02. The van der Waals surface area contributed by atoms with Crippen LogP contribution in [-0.4, -0.2) is 44.8 Å². The standard InChI is InChI=1S/C36H33N3O6S2/c1-23(2)30(32(41)44-31(25-15-7-4-8-16-25)26-17-9-5-10-18-26)39-33(42)36(38-24(3)40,45-27-19-11-6-12-20-27)34(39)46-47-35-37-28-21-13-14-22-29(28)43-35/h4-23,30-31,34H,1-3H3,(H,38,40). The topological polar surface area (TPSA) is 111 Å². The van der Waals surface area contributed by atoms with Gasteiger partial charge < -0.3 is 24.1 Å². The van der Waals surface area contributed by atoms with Gasteiger partial charge in [-0.2, -0.15) is 0 Å². The molecule has 47 heavy (non-hydrogen) atoms. The Hall–Kier alpha value is -4.74. The maximum atomic E-state index is 14.4. The van der Waals surface area contributed by atoms with Gasteiger partial charge in [-0.25, -0.2) is 9.78 Å². The van der Waals surface area contributed by atoms with E-state index in [9.17, 15) is 14.4 Å². The number of nitrogens with zero attached hydrogens (tertiary/aromatic N) is 2. The second-order valence-corrected chi connectivity index (χ2v) is 13.6. The van der Waals surface area contributed by atoms with Crippen LogP contribution < -0.4 is 10.1 Å². The Morgan fingerprint density at radius 2 is 1.45 bits per heavy atom. The minimum absolute atomic E-state index is 0.351. The molecule has 0 saturated carbocycles. The summed E-state index contributed by atoms with van der Waals surface area (Å²) >= 11 is 0. The number of carbonyl (C=O) groups excluding carboxylic acids is 3. The van der Waals surface area contributed by atoms with Crippen LogP contribution in [0.4, 0.5) is 0 Å². The molecule has 0 aliphatic carbocycles. The number of benzene rings is 4. The number of hydrogen-bond donors (Lipinski definition) is 1. The second-order valence-electron chi connectivity index (χ2n) is 11.4. The first kappa shape index (κ1) is 32.2. The first-order chi connectivity index (χ1) is 22.8. The minimum Gasteiger partial charge on any atom is -0.455 e. The summed E-state index contributed by atoms with van der Waals surface area (Å²) in [6, 6.07) is 34.1. The highest BCUT2D eigenvalue weighted by molar-refractivity contribution is 8.76. The van der Waals surface area contributed by atoms with E-state index in [2.05, 4.69) is 10.3 Å². The Labute approximate surface area is 280 Å². The lowest BCUT2D eigenvalue weighted by Crippen LogP contribution is -2.84. The van der Waals surface area contributed by atoms with Crippen molar-refractivity contribution in [3.05, 3.63) is 126 Å². The van der Waals surface area contributed by atoms with E-state index in [0.29, 0.717) is 22.1 Å². The highest BCUT2D eigenvalue weighted by Crippen LogP contribution is 2.49. The summed E-state index contributed by atoms with van der Waals surface area (Å²) in [5.74, 6) is -1.60. The molecular weight excluding hydrogens is 635 g/mol. The van der Waals surface area contributed by atoms with Crippen LogP contribution in [0.2, 0.25) is 0 Å². The minimum atomic E-state index is -1.82. The maximum Gasteiger partial charge on any atom is 0.330 e. The van der Waals surface area contributed by atoms with Gasteiger partial charge in [0.1, 0.15) is 17.3 Å². The third-order valence-electron chi connectivity index (χ3n) is 7.63. The Kier molecular flexibility index (Phi) is 9.55. The zero-order valence-corrected chi connectivity index (χ0v) is 27.6. The van der Waals surface area contributed by atoms with Crippen LogP contribution in [0.1, 0.15) is 38.0 Å². The van der Waals surface area contributed by atoms with Gasteiger partial charge in [0.05, 0.1) is 0 Å². The molecule has 11 heteroatoms. The van der Waals surface area contributed by atoms with Crippen molar-refractivity contribution < 1.29 is 28.3 Å². The number of para-hydroxylation sites is 3. The smallest absolute Gasteiger partial charge is 0.330 e. The van der Waals surface area contributed by atoms with Crippen LogP contribution in [0.25, 0.3) is 11.1 Å². The summed E-state index contributed by atoms with van der Waals surface area (Å²) < 4.78 is 18.5. The lowest BCUT2D eigenvalue weighted by molar-refractivity contribution is -0.195. The van der Waals surface area contributed by atoms with Gasteiger partial charge >= 0.3 is 5.97 Å². The molecule has 1 aliphatic rings. The zero-order chi connectivity index (χ0) is 33.0. The van der Waals surface area contributed by atoms with E-state index < -0.39 is 41.0 Å². The molecule has 1 aliphatic heterocycles. The van der Waals surface area contributed by atoms with Crippen molar-refractivity contribution in [3.63, 3.8) is 0 Å². The third-order valence-corrected chi connectivity index (χ3v) is 10.1. The normalized spacial score (nSPS) is 18.2. The maximum absolute atomic E-state index is 14.4. The fourth-order valence-electron chi connectivity index (χ4n) is 5.54. The van der Waals surface area contributed by atoms with Crippen molar-refractivity contribution in [3.8, 4) is 5.75 Å². The third kappa shape index (κ3) is 6.72. The summed E-state index contributed by atoms with van der Waals surface area (Å²) in [4.78, 5) is 47.3. The summed E-state index contributed by atoms with van der Waals surface area (Å²) in [5, 5.41) is 2.24. The number of fused-ring (bicyclic) bond motifs is 1. The average Bonchev–Trinajstić information content (AvgIpc) is 3.50. The zero-order valence-electron chi connectivity index (χ0n) is 25.9. The van der Waals surface area contributed by atoms with E-state index in [1.54, 1.807) is 24.3 Å². The van der Waals surface area contributed by atoms with Gasteiger partial charge in [-0.15, -0.1) is 0 Å². The van der Waals surface area contributed by atoms with Crippen molar-refractivity contribution in [1.82, 2.24) is 15.2 Å². The molecular formula is C36H33N3O6S2. The van der Waals surface area contributed by atoms with Gasteiger partial charge in [0.25, 0.3) is 16.9 Å². The van der Waals surface area contributed by atoms with Crippen molar-refractivity contribution in [2.45, 2.75) is 49.2 Å². The monoisotopic (exact) mass is 667 g/mol. The molecule has 1 N–H and O–H groups in total. The van der Waals surface area contributed by atoms with Gasteiger partial charge in [-0.3, -0.25) is 9.59 Å². The number of likely N-dealkylation sites (tertiary alicyclic amines) is 1. The molecule has 1 fully saturated rings. The average molecular weight is 668 g/mol. The van der Waals surface area contributed by atoms with Crippen LogP contribution in [0.3, 0.4) is 0 Å². The Morgan fingerprint density at radius 1 is 0.872 bits per heavy atom. The molecule has 1 aromatic heterocycles. The van der Waals surface area contributed by atoms with Crippen molar-refractivity contribution in [1.29, 1.82) is 0 Å². The van der Waals surface area contributed by atoms with E-state index in [1.807, 2.05) is 105 Å². The molecule has 6 rings (SSSR count). The van der Waals surface area contributed by atoms with Crippen LogP contribution in [0, 0.1) is 5.92 Å². The van der Waals surface area contributed by atoms with E-state index >= 15 is 0 Å². The molecule has 4 aromatic carbocycles.